The van der Waals surface area contributed by atoms with Crippen LogP contribution in [0.25, 0.3) is 11.1 Å². The Hall–Kier alpha value is -2.02. The van der Waals surface area contributed by atoms with Crippen molar-refractivity contribution in [3.05, 3.63) is 52.1 Å². The van der Waals surface area contributed by atoms with Gasteiger partial charge in [0.15, 0.2) is 0 Å². The lowest BCUT2D eigenvalue weighted by Crippen LogP contribution is -2.41. The smallest absolute Gasteiger partial charge is 0.356 e. The van der Waals surface area contributed by atoms with Gasteiger partial charge in [-0.1, -0.05) is 11.6 Å². The fourth-order valence-electron chi connectivity index (χ4n) is 4.89. The van der Waals surface area contributed by atoms with Crippen molar-refractivity contribution in [2.45, 2.75) is 52.2 Å². The number of hydrogen-bond donors (Lipinski definition) is 0. The molecule has 0 N–H and O–H groups in total. The molecule has 0 aliphatic carbocycles. The summed E-state index contributed by atoms with van der Waals surface area (Å²) in [4.78, 5) is 19.5. The summed E-state index contributed by atoms with van der Waals surface area (Å²) < 4.78 is 25.9. The topological polar surface area (TPSA) is 51.7 Å². The largest absolute Gasteiger partial charge is 0.461 e. The number of hydrogen-bond acceptors (Lipinski definition) is 5. The second-order valence-electron chi connectivity index (χ2n) is 9.28. The number of nitrogens with zero attached hydrogens (tertiary/aromatic N) is 2. The number of esters is 1. The summed E-state index contributed by atoms with van der Waals surface area (Å²) in [7, 11) is 0. The number of fused-ring (bicyclic) bond motifs is 1. The molecular weight excluding hydrogens is 431 g/mol. The predicted molar refractivity (Wildman–Crippen MR) is 122 cm³/mol. The number of halogens is 2. The summed E-state index contributed by atoms with van der Waals surface area (Å²) >= 11 is 5.96. The quantitative estimate of drug-likeness (QED) is 0.568. The molecule has 0 amide bonds. The highest BCUT2D eigenvalue weighted by molar-refractivity contribution is 6.30. The highest BCUT2D eigenvalue weighted by Crippen LogP contribution is 2.35. The van der Waals surface area contributed by atoms with E-state index in [0.29, 0.717) is 28.6 Å². The normalized spacial score (nSPS) is 20.6. The Morgan fingerprint density at radius 1 is 1.34 bits per heavy atom. The Labute approximate surface area is 193 Å². The lowest BCUT2D eigenvalue weighted by Gasteiger charge is -2.39. The minimum atomic E-state index is -0.491. The number of pyridine rings is 1. The standard InChI is InChI=1S/C25H30ClFN2O3/c1-4-31-24(30)22-12-20(18-6-5-17(26)11-21(18)27)19-7-9-29(15-23(19)28-22)14-16-8-10-32-25(2,3)13-16/h5-6,11-12,16H,4,7-10,13-15H2,1-3H3. The van der Waals surface area contributed by atoms with Gasteiger partial charge < -0.3 is 9.47 Å². The molecule has 7 heteroatoms. The number of carbonyl (C=O) groups excluding carboxylic acids is 1. The second-order valence-corrected chi connectivity index (χ2v) is 9.71. The first-order chi connectivity index (χ1) is 15.3. The van der Waals surface area contributed by atoms with E-state index in [2.05, 4.69) is 23.7 Å². The predicted octanol–water partition coefficient (Wildman–Crippen LogP) is 5.28. The van der Waals surface area contributed by atoms with E-state index in [9.17, 15) is 9.18 Å². The average molecular weight is 461 g/mol. The lowest BCUT2D eigenvalue weighted by molar-refractivity contribution is -0.0773. The number of aromatic nitrogens is 1. The van der Waals surface area contributed by atoms with Gasteiger partial charge in [-0.3, -0.25) is 4.90 Å². The number of ether oxygens (including phenoxy) is 2. The maximum atomic E-state index is 14.8. The molecule has 0 bridgehead atoms. The molecule has 3 heterocycles. The molecule has 1 aromatic heterocycles. The van der Waals surface area contributed by atoms with Gasteiger partial charge in [-0.2, -0.15) is 0 Å². The van der Waals surface area contributed by atoms with Gasteiger partial charge in [-0.15, -0.1) is 0 Å². The van der Waals surface area contributed by atoms with Gasteiger partial charge in [0.1, 0.15) is 11.5 Å². The van der Waals surface area contributed by atoms with Crippen molar-refractivity contribution in [2.75, 3.05) is 26.3 Å². The molecule has 1 aromatic carbocycles. The summed E-state index contributed by atoms with van der Waals surface area (Å²) in [6.07, 6.45) is 2.81. The van der Waals surface area contributed by atoms with Gasteiger partial charge in [0, 0.05) is 36.8 Å². The number of carbonyl (C=O) groups is 1. The van der Waals surface area contributed by atoms with Gasteiger partial charge in [-0.25, -0.2) is 14.2 Å². The third-order valence-electron chi connectivity index (χ3n) is 6.28. The summed E-state index contributed by atoms with van der Waals surface area (Å²) in [5, 5.41) is 0.338. The molecule has 2 aliphatic heterocycles. The van der Waals surface area contributed by atoms with E-state index in [1.54, 1.807) is 25.1 Å². The second kappa shape index (κ2) is 9.46. The van der Waals surface area contributed by atoms with Crippen LogP contribution in [0, 0.1) is 11.7 Å². The van der Waals surface area contributed by atoms with Crippen LogP contribution < -0.4 is 0 Å². The zero-order chi connectivity index (χ0) is 22.9. The van der Waals surface area contributed by atoms with E-state index in [0.717, 1.165) is 50.2 Å². The van der Waals surface area contributed by atoms with Gasteiger partial charge in [0.05, 0.1) is 17.9 Å². The van der Waals surface area contributed by atoms with Crippen LogP contribution in [0.1, 0.15) is 55.4 Å². The first-order valence-corrected chi connectivity index (χ1v) is 11.6. The fourth-order valence-corrected chi connectivity index (χ4v) is 5.05. The molecule has 0 saturated carbocycles. The van der Waals surface area contributed by atoms with Crippen molar-refractivity contribution in [1.29, 1.82) is 0 Å². The first-order valence-electron chi connectivity index (χ1n) is 11.3. The van der Waals surface area contributed by atoms with Crippen LogP contribution in [0.15, 0.2) is 24.3 Å². The molecule has 0 radical (unpaired) electrons. The molecular formula is C25H30ClFN2O3. The highest BCUT2D eigenvalue weighted by atomic mass is 35.5. The van der Waals surface area contributed by atoms with Crippen molar-refractivity contribution in [3.63, 3.8) is 0 Å². The Balaban J connectivity index is 1.65. The Morgan fingerprint density at radius 2 is 2.16 bits per heavy atom. The molecule has 2 aliphatic rings. The summed E-state index contributed by atoms with van der Waals surface area (Å²) in [5.74, 6) is -0.344. The van der Waals surface area contributed by atoms with E-state index in [1.807, 2.05) is 0 Å². The third-order valence-corrected chi connectivity index (χ3v) is 6.52. The van der Waals surface area contributed by atoms with Gasteiger partial charge in [0.2, 0.25) is 0 Å². The van der Waals surface area contributed by atoms with Crippen molar-refractivity contribution in [1.82, 2.24) is 9.88 Å². The van der Waals surface area contributed by atoms with Gasteiger partial charge in [-0.05, 0) is 81.3 Å². The number of benzene rings is 1. The highest BCUT2D eigenvalue weighted by Gasteiger charge is 2.31. The van der Waals surface area contributed by atoms with Crippen molar-refractivity contribution >= 4 is 17.6 Å². The van der Waals surface area contributed by atoms with Crippen LogP contribution in [-0.4, -0.2) is 47.8 Å². The Bertz CT molecular complexity index is 1010. The molecule has 4 rings (SSSR count). The Morgan fingerprint density at radius 3 is 2.88 bits per heavy atom. The summed E-state index contributed by atoms with van der Waals surface area (Å²) in [5.41, 5.74) is 3.05. The minimum Gasteiger partial charge on any atom is -0.461 e. The van der Waals surface area contributed by atoms with E-state index >= 15 is 0 Å². The molecule has 1 saturated heterocycles. The van der Waals surface area contributed by atoms with Crippen molar-refractivity contribution in [2.24, 2.45) is 5.92 Å². The molecule has 1 atom stereocenters. The van der Waals surface area contributed by atoms with Crippen LogP contribution in [0.4, 0.5) is 4.39 Å². The minimum absolute atomic E-state index is 0.0920. The maximum absolute atomic E-state index is 14.8. The SMILES string of the molecule is CCOC(=O)c1cc(-c2ccc(Cl)cc2F)c2c(n1)CN(CC1CCOC(C)(C)C1)CC2. The van der Waals surface area contributed by atoms with Crippen LogP contribution in [-0.2, 0) is 22.4 Å². The first kappa shape index (κ1) is 23.1. The van der Waals surface area contributed by atoms with E-state index in [4.69, 9.17) is 21.1 Å². The zero-order valence-electron chi connectivity index (χ0n) is 18.9. The van der Waals surface area contributed by atoms with Crippen molar-refractivity contribution in [3.8, 4) is 11.1 Å². The summed E-state index contributed by atoms with van der Waals surface area (Å²) in [6, 6.07) is 6.28. The van der Waals surface area contributed by atoms with Crippen LogP contribution >= 0.6 is 11.6 Å². The molecule has 172 valence electrons. The van der Waals surface area contributed by atoms with Gasteiger partial charge in [0.25, 0.3) is 0 Å². The fraction of sp³-hybridized carbons (Fsp3) is 0.520. The van der Waals surface area contributed by atoms with E-state index in [1.165, 1.54) is 6.07 Å². The monoisotopic (exact) mass is 460 g/mol. The molecule has 1 unspecified atom stereocenters. The van der Waals surface area contributed by atoms with Crippen LogP contribution in [0.5, 0.6) is 0 Å². The average Bonchev–Trinajstić information content (AvgIpc) is 2.72. The molecule has 32 heavy (non-hydrogen) atoms. The van der Waals surface area contributed by atoms with Crippen molar-refractivity contribution < 1.29 is 18.7 Å². The summed E-state index contributed by atoms with van der Waals surface area (Å²) in [6.45, 7) is 9.54. The van der Waals surface area contributed by atoms with E-state index < -0.39 is 11.8 Å². The number of rotatable bonds is 5. The van der Waals surface area contributed by atoms with Crippen LogP contribution in [0.3, 0.4) is 0 Å². The molecule has 5 nitrogen and oxygen atoms in total. The van der Waals surface area contributed by atoms with Crippen LogP contribution in [0.2, 0.25) is 5.02 Å². The third kappa shape index (κ3) is 5.13. The molecule has 1 fully saturated rings. The maximum Gasteiger partial charge on any atom is 0.356 e. The van der Waals surface area contributed by atoms with Gasteiger partial charge >= 0.3 is 5.97 Å². The zero-order valence-corrected chi connectivity index (χ0v) is 19.7. The lowest BCUT2D eigenvalue weighted by atomic mass is 9.87. The molecule has 2 aromatic rings. The molecule has 0 spiro atoms. The Kier molecular flexibility index (Phi) is 6.84. The van der Waals surface area contributed by atoms with E-state index in [-0.39, 0.29) is 17.9 Å².